The van der Waals surface area contributed by atoms with E-state index in [0.29, 0.717) is 19.4 Å². The van der Waals surface area contributed by atoms with E-state index in [2.05, 4.69) is 10.0 Å². The highest BCUT2D eigenvalue weighted by Gasteiger charge is 2.31. The van der Waals surface area contributed by atoms with E-state index >= 15 is 0 Å². The smallest absolute Gasteiger partial charge is 0.410 e. The molecule has 3 rings (SSSR count). The second kappa shape index (κ2) is 10.5. The lowest BCUT2D eigenvalue weighted by Crippen LogP contribution is -2.45. The van der Waals surface area contributed by atoms with Crippen molar-refractivity contribution >= 4 is 6.09 Å². The van der Waals surface area contributed by atoms with Crippen LogP contribution in [0.25, 0.3) is 10.4 Å². The Bertz CT molecular complexity index is 827. The first-order valence-electron chi connectivity index (χ1n) is 9.53. The monoisotopic (exact) mass is 396 g/mol. The van der Waals surface area contributed by atoms with Crippen LogP contribution in [0.4, 0.5) is 4.79 Å². The lowest BCUT2D eigenvalue weighted by molar-refractivity contribution is -0.175. The molecule has 3 atom stereocenters. The number of aliphatic hydroxyl groups excluding tert-OH is 1. The number of nitrogens with zero attached hydrogens (tertiary/aromatic N) is 4. The lowest BCUT2D eigenvalue weighted by Gasteiger charge is -2.34. The number of carbonyl (C=O) groups excluding carboxylic acids is 1. The summed E-state index contributed by atoms with van der Waals surface area (Å²) >= 11 is 0. The third kappa shape index (κ3) is 6.22. The van der Waals surface area contributed by atoms with Crippen LogP contribution < -0.4 is 0 Å². The second-order valence-electron chi connectivity index (χ2n) is 6.90. The molecule has 1 saturated heterocycles. The van der Waals surface area contributed by atoms with Gasteiger partial charge in [-0.25, -0.2) is 4.79 Å². The molecule has 0 saturated carbocycles. The van der Waals surface area contributed by atoms with Crippen LogP contribution in [0.2, 0.25) is 0 Å². The fraction of sp³-hybridized carbons (Fsp3) is 0.381. The molecular formula is C21H24N4O4. The Labute approximate surface area is 169 Å². The van der Waals surface area contributed by atoms with Crippen LogP contribution in [0.15, 0.2) is 65.8 Å². The molecule has 3 unspecified atom stereocenters. The maximum atomic E-state index is 12.8. The SMILES string of the molecule is [N-]=[N+]=NC1CCC(CN(Cc2ccccc2)C(=O)OCc2ccccc2)OC1O. The molecule has 1 N–H and O–H groups in total. The number of amides is 1. The molecule has 2 aromatic rings. The van der Waals surface area contributed by atoms with Gasteiger partial charge in [0.15, 0.2) is 6.29 Å². The van der Waals surface area contributed by atoms with E-state index in [1.54, 1.807) is 4.90 Å². The normalized spacial score (nSPS) is 21.1. The van der Waals surface area contributed by atoms with Crippen LogP contribution in [0.1, 0.15) is 24.0 Å². The van der Waals surface area contributed by atoms with Crippen molar-refractivity contribution in [1.82, 2.24) is 4.90 Å². The van der Waals surface area contributed by atoms with Crippen LogP contribution >= 0.6 is 0 Å². The van der Waals surface area contributed by atoms with E-state index < -0.39 is 18.4 Å². The van der Waals surface area contributed by atoms with Gasteiger partial charge in [-0.3, -0.25) is 0 Å². The van der Waals surface area contributed by atoms with E-state index in [1.807, 2.05) is 60.7 Å². The molecule has 1 aliphatic heterocycles. The van der Waals surface area contributed by atoms with E-state index in [4.69, 9.17) is 15.0 Å². The minimum atomic E-state index is -1.18. The maximum absolute atomic E-state index is 12.8. The van der Waals surface area contributed by atoms with Gasteiger partial charge in [-0.15, -0.1) is 0 Å². The number of ether oxygens (including phenoxy) is 2. The van der Waals surface area contributed by atoms with E-state index in [1.165, 1.54) is 0 Å². The molecule has 0 aliphatic carbocycles. The van der Waals surface area contributed by atoms with Crippen molar-refractivity contribution in [3.8, 4) is 0 Å². The standard InChI is InChI=1S/C21H24N4O4/c22-24-23-19-12-11-18(29-20(19)26)14-25(13-16-7-3-1-4-8-16)21(27)28-15-17-9-5-2-6-10-17/h1-10,18-20,26H,11-15H2. The van der Waals surface area contributed by atoms with Crippen molar-refractivity contribution in [2.24, 2.45) is 5.11 Å². The zero-order valence-electron chi connectivity index (χ0n) is 16.0. The first-order valence-corrected chi connectivity index (χ1v) is 9.53. The van der Waals surface area contributed by atoms with Crippen molar-refractivity contribution < 1.29 is 19.4 Å². The molecule has 8 heteroatoms. The predicted molar refractivity (Wildman–Crippen MR) is 107 cm³/mol. The number of aliphatic hydroxyl groups is 1. The van der Waals surface area contributed by atoms with Gasteiger partial charge in [0.1, 0.15) is 6.61 Å². The molecule has 1 fully saturated rings. The van der Waals surface area contributed by atoms with E-state index in [-0.39, 0.29) is 19.3 Å². The minimum Gasteiger partial charge on any atom is -0.445 e. The number of carbonyl (C=O) groups is 1. The Hall–Kier alpha value is -3.06. The lowest BCUT2D eigenvalue weighted by atomic mass is 10.0. The highest BCUT2D eigenvalue weighted by molar-refractivity contribution is 5.67. The van der Waals surface area contributed by atoms with Crippen LogP contribution in [0.3, 0.4) is 0 Å². The molecule has 1 aliphatic rings. The first kappa shape index (κ1) is 20.7. The molecule has 0 bridgehead atoms. The number of rotatable bonds is 7. The average Bonchev–Trinajstić information content (AvgIpc) is 2.75. The molecule has 29 heavy (non-hydrogen) atoms. The number of azide groups is 1. The Kier molecular flexibility index (Phi) is 7.47. The van der Waals surface area contributed by atoms with Gasteiger partial charge in [0.2, 0.25) is 0 Å². The summed E-state index contributed by atoms with van der Waals surface area (Å²) in [6.45, 7) is 0.810. The third-order valence-electron chi connectivity index (χ3n) is 4.75. The predicted octanol–water partition coefficient (Wildman–Crippen LogP) is 4.00. The molecule has 152 valence electrons. The Morgan fingerprint density at radius 3 is 2.41 bits per heavy atom. The van der Waals surface area contributed by atoms with Gasteiger partial charge in [0.05, 0.1) is 18.7 Å². The highest BCUT2D eigenvalue weighted by Crippen LogP contribution is 2.22. The molecule has 8 nitrogen and oxygen atoms in total. The molecular weight excluding hydrogens is 372 g/mol. The Morgan fingerprint density at radius 1 is 1.14 bits per heavy atom. The van der Waals surface area contributed by atoms with E-state index in [0.717, 1.165) is 11.1 Å². The summed E-state index contributed by atoms with van der Waals surface area (Å²) in [7, 11) is 0. The Morgan fingerprint density at radius 2 is 1.79 bits per heavy atom. The zero-order valence-corrected chi connectivity index (χ0v) is 16.0. The third-order valence-corrected chi connectivity index (χ3v) is 4.75. The van der Waals surface area contributed by atoms with Crippen molar-refractivity contribution in [2.75, 3.05) is 6.54 Å². The highest BCUT2D eigenvalue weighted by atomic mass is 16.6. The van der Waals surface area contributed by atoms with Gasteiger partial charge in [0.25, 0.3) is 0 Å². The summed E-state index contributed by atoms with van der Waals surface area (Å²) < 4.78 is 11.1. The molecule has 1 amide bonds. The van der Waals surface area contributed by atoms with Gasteiger partial charge in [-0.05, 0) is 29.5 Å². The summed E-state index contributed by atoms with van der Waals surface area (Å²) in [5, 5.41) is 13.6. The van der Waals surface area contributed by atoms with Gasteiger partial charge in [-0.1, -0.05) is 65.8 Å². The topological polar surface area (TPSA) is 108 Å². The fourth-order valence-corrected chi connectivity index (χ4v) is 3.23. The Balaban J connectivity index is 1.64. The number of benzene rings is 2. The van der Waals surface area contributed by atoms with Gasteiger partial charge < -0.3 is 19.5 Å². The largest absolute Gasteiger partial charge is 0.445 e. The molecule has 2 aromatic carbocycles. The van der Waals surface area contributed by atoms with Gasteiger partial charge in [-0.2, -0.15) is 0 Å². The summed E-state index contributed by atoms with van der Waals surface area (Å²) in [6, 6.07) is 18.5. The van der Waals surface area contributed by atoms with Crippen molar-refractivity contribution in [3.05, 3.63) is 82.2 Å². The number of hydrogen-bond acceptors (Lipinski definition) is 5. The molecule has 1 heterocycles. The average molecular weight is 396 g/mol. The van der Waals surface area contributed by atoms with Gasteiger partial charge >= 0.3 is 6.09 Å². The van der Waals surface area contributed by atoms with Crippen molar-refractivity contribution in [2.45, 2.75) is 44.4 Å². The van der Waals surface area contributed by atoms with Crippen LogP contribution in [-0.4, -0.2) is 41.1 Å². The summed E-state index contributed by atoms with van der Waals surface area (Å²) in [6.07, 6.45) is -0.939. The second-order valence-corrected chi connectivity index (χ2v) is 6.90. The number of hydrogen-bond donors (Lipinski definition) is 1. The van der Waals surface area contributed by atoms with Crippen LogP contribution in [-0.2, 0) is 22.6 Å². The maximum Gasteiger partial charge on any atom is 0.410 e. The summed E-state index contributed by atoms with van der Waals surface area (Å²) in [5.41, 5.74) is 10.4. The minimum absolute atomic E-state index is 0.179. The van der Waals surface area contributed by atoms with Gasteiger partial charge in [0, 0.05) is 11.5 Å². The van der Waals surface area contributed by atoms with E-state index in [9.17, 15) is 9.90 Å². The van der Waals surface area contributed by atoms with Crippen molar-refractivity contribution in [1.29, 1.82) is 0 Å². The molecule has 0 radical (unpaired) electrons. The summed E-state index contributed by atoms with van der Waals surface area (Å²) in [5.74, 6) is 0. The fourth-order valence-electron chi connectivity index (χ4n) is 3.23. The van der Waals surface area contributed by atoms with Crippen molar-refractivity contribution in [3.63, 3.8) is 0 Å². The quantitative estimate of drug-likeness (QED) is 0.433. The zero-order chi connectivity index (χ0) is 20.5. The van der Waals surface area contributed by atoms with Crippen LogP contribution in [0, 0.1) is 0 Å². The first-order chi connectivity index (χ1) is 14.2. The molecule has 0 spiro atoms. The van der Waals surface area contributed by atoms with Crippen LogP contribution in [0.5, 0.6) is 0 Å². The summed E-state index contributed by atoms with van der Waals surface area (Å²) in [4.78, 5) is 17.1. The molecule has 0 aromatic heterocycles.